The molecule has 0 aromatic heterocycles. The number of aromatic hydroxyl groups is 1. The molecular formula is C10H6ClIN2O3. The highest BCUT2D eigenvalue weighted by atomic mass is 127. The number of nitrogens with one attached hydrogen (secondary N) is 2. The van der Waals surface area contributed by atoms with Gasteiger partial charge in [-0.05, 0) is 40.8 Å². The predicted molar refractivity (Wildman–Crippen MR) is 70.5 cm³/mol. The monoisotopic (exact) mass is 364 g/mol. The maximum atomic E-state index is 11.3. The minimum Gasteiger partial charge on any atom is -0.506 e. The van der Waals surface area contributed by atoms with Crippen molar-refractivity contribution in [1.82, 2.24) is 10.6 Å². The number of imide groups is 1. The maximum Gasteiger partial charge on any atom is 0.326 e. The molecule has 0 spiro atoms. The fourth-order valence-corrected chi connectivity index (χ4v) is 2.39. The van der Waals surface area contributed by atoms with Crippen LogP contribution >= 0.6 is 34.2 Å². The molecule has 0 atom stereocenters. The molecule has 0 bridgehead atoms. The van der Waals surface area contributed by atoms with Gasteiger partial charge in [0.15, 0.2) is 0 Å². The normalized spacial score (nSPS) is 17.2. The Bertz CT molecular complexity index is 557. The Morgan fingerprint density at radius 1 is 1.29 bits per heavy atom. The van der Waals surface area contributed by atoms with E-state index in [0.717, 1.165) is 0 Å². The lowest BCUT2D eigenvalue weighted by Crippen LogP contribution is -2.22. The summed E-state index contributed by atoms with van der Waals surface area (Å²) >= 11 is 7.76. The van der Waals surface area contributed by atoms with Crippen molar-refractivity contribution in [2.45, 2.75) is 0 Å². The molecule has 1 saturated heterocycles. The molecule has 1 fully saturated rings. The van der Waals surface area contributed by atoms with Gasteiger partial charge in [0.2, 0.25) is 0 Å². The van der Waals surface area contributed by atoms with Gasteiger partial charge in [-0.3, -0.25) is 10.1 Å². The zero-order valence-corrected chi connectivity index (χ0v) is 11.2. The first-order chi connectivity index (χ1) is 7.97. The summed E-state index contributed by atoms with van der Waals surface area (Å²) in [6.45, 7) is 0. The summed E-state index contributed by atoms with van der Waals surface area (Å²) in [5.41, 5.74) is 0.442. The van der Waals surface area contributed by atoms with Crippen LogP contribution in [-0.4, -0.2) is 17.0 Å². The van der Waals surface area contributed by atoms with E-state index in [9.17, 15) is 14.7 Å². The number of hydrogen-bond donors (Lipinski definition) is 3. The van der Waals surface area contributed by atoms with Crippen LogP contribution in [0.25, 0.3) is 6.08 Å². The van der Waals surface area contributed by atoms with E-state index >= 15 is 0 Å². The molecule has 0 saturated carbocycles. The maximum absolute atomic E-state index is 11.3. The first kappa shape index (κ1) is 12.2. The molecule has 17 heavy (non-hydrogen) atoms. The molecule has 88 valence electrons. The second-order valence-electron chi connectivity index (χ2n) is 3.29. The van der Waals surface area contributed by atoms with E-state index in [0.29, 0.717) is 14.2 Å². The summed E-state index contributed by atoms with van der Waals surface area (Å²) in [5.74, 6) is -0.527. The molecule has 1 aromatic rings. The molecular weight excluding hydrogens is 358 g/mol. The number of amides is 3. The van der Waals surface area contributed by atoms with E-state index in [-0.39, 0.29) is 11.4 Å². The predicted octanol–water partition coefficient (Wildman–Crippen LogP) is 1.83. The van der Waals surface area contributed by atoms with Crippen LogP contribution in [-0.2, 0) is 4.79 Å². The molecule has 1 heterocycles. The van der Waals surface area contributed by atoms with Gasteiger partial charge in [0.05, 0.1) is 3.57 Å². The molecule has 2 rings (SSSR count). The van der Waals surface area contributed by atoms with Crippen LogP contribution < -0.4 is 10.6 Å². The molecule has 3 amide bonds. The Balaban J connectivity index is 2.46. The van der Waals surface area contributed by atoms with Crippen LogP contribution in [0.15, 0.2) is 17.8 Å². The van der Waals surface area contributed by atoms with Crippen molar-refractivity contribution in [3.8, 4) is 5.75 Å². The summed E-state index contributed by atoms with van der Waals surface area (Å²) in [6.07, 6.45) is 1.36. The standard InChI is InChI=1S/C10H6ClIN2O3/c11-5-1-4(8(15)6(12)3-5)2-7-9(16)14-10(17)13-7/h1-3,15H,(H2,13,14,16,17)/b7-2+. The molecule has 5 nitrogen and oxygen atoms in total. The Morgan fingerprint density at radius 2 is 2.00 bits per heavy atom. The highest BCUT2D eigenvalue weighted by Crippen LogP contribution is 2.30. The number of halogens is 2. The first-order valence-electron chi connectivity index (χ1n) is 4.49. The third-order valence-electron chi connectivity index (χ3n) is 2.08. The molecule has 0 unspecified atom stereocenters. The van der Waals surface area contributed by atoms with Crippen molar-refractivity contribution in [3.05, 3.63) is 32.0 Å². The molecule has 0 radical (unpaired) electrons. The van der Waals surface area contributed by atoms with Gasteiger partial charge in [-0.2, -0.15) is 0 Å². The first-order valence-corrected chi connectivity index (χ1v) is 5.95. The fourth-order valence-electron chi connectivity index (χ4n) is 1.33. The Hall–Kier alpha value is -1.28. The van der Waals surface area contributed by atoms with Crippen LogP contribution in [0.2, 0.25) is 5.02 Å². The van der Waals surface area contributed by atoms with Crippen molar-refractivity contribution < 1.29 is 14.7 Å². The fraction of sp³-hybridized carbons (Fsp3) is 0. The number of phenols is 1. The largest absolute Gasteiger partial charge is 0.506 e. The van der Waals surface area contributed by atoms with Gasteiger partial charge >= 0.3 is 6.03 Å². The zero-order valence-electron chi connectivity index (χ0n) is 8.25. The Morgan fingerprint density at radius 3 is 2.59 bits per heavy atom. The van der Waals surface area contributed by atoms with Crippen LogP contribution in [0.4, 0.5) is 4.79 Å². The molecule has 1 aliphatic heterocycles. The SMILES string of the molecule is O=C1NC(=O)/C(=C\c2cc(Cl)cc(I)c2O)N1. The van der Waals surface area contributed by atoms with Gasteiger partial charge in [0, 0.05) is 10.6 Å². The van der Waals surface area contributed by atoms with Crippen molar-refractivity contribution in [2.24, 2.45) is 0 Å². The highest BCUT2D eigenvalue weighted by molar-refractivity contribution is 14.1. The molecule has 1 aromatic carbocycles. The van der Waals surface area contributed by atoms with Gasteiger partial charge in [0.1, 0.15) is 11.4 Å². The molecule has 3 N–H and O–H groups in total. The average Bonchev–Trinajstić information content (AvgIpc) is 2.53. The minimum atomic E-state index is -0.586. The number of carbonyl (C=O) groups is 2. The third kappa shape index (κ3) is 2.52. The van der Waals surface area contributed by atoms with Gasteiger partial charge in [-0.1, -0.05) is 11.6 Å². The topological polar surface area (TPSA) is 78.4 Å². The van der Waals surface area contributed by atoms with E-state index in [1.54, 1.807) is 6.07 Å². The highest BCUT2D eigenvalue weighted by Gasteiger charge is 2.23. The van der Waals surface area contributed by atoms with E-state index in [2.05, 4.69) is 10.6 Å². The van der Waals surface area contributed by atoms with Crippen molar-refractivity contribution >= 4 is 52.2 Å². The van der Waals surface area contributed by atoms with Crippen LogP contribution in [0.5, 0.6) is 5.75 Å². The quantitative estimate of drug-likeness (QED) is 0.404. The van der Waals surface area contributed by atoms with E-state index in [4.69, 9.17) is 11.6 Å². The van der Waals surface area contributed by atoms with Gasteiger partial charge in [-0.25, -0.2) is 4.79 Å². The van der Waals surface area contributed by atoms with Crippen molar-refractivity contribution in [3.63, 3.8) is 0 Å². The number of urea groups is 1. The number of rotatable bonds is 1. The van der Waals surface area contributed by atoms with Crippen LogP contribution in [0, 0.1) is 3.57 Å². The molecule has 1 aliphatic rings. The van der Waals surface area contributed by atoms with Crippen molar-refractivity contribution in [1.29, 1.82) is 0 Å². The lowest BCUT2D eigenvalue weighted by Gasteiger charge is -2.03. The Labute approximate surface area is 115 Å². The third-order valence-corrected chi connectivity index (χ3v) is 3.12. The number of carbonyl (C=O) groups excluding carboxylic acids is 2. The van der Waals surface area contributed by atoms with Crippen LogP contribution in [0.3, 0.4) is 0 Å². The van der Waals surface area contributed by atoms with E-state index in [1.165, 1.54) is 12.1 Å². The van der Waals surface area contributed by atoms with Crippen molar-refractivity contribution in [2.75, 3.05) is 0 Å². The summed E-state index contributed by atoms with van der Waals surface area (Å²) in [4.78, 5) is 22.2. The lowest BCUT2D eigenvalue weighted by molar-refractivity contribution is -0.115. The zero-order chi connectivity index (χ0) is 12.6. The Kier molecular flexibility index (Phi) is 3.25. The average molecular weight is 365 g/mol. The summed E-state index contributed by atoms with van der Waals surface area (Å²) in [7, 11) is 0. The lowest BCUT2D eigenvalue weighted by atomic mass is 10.1. The second-order valence-corrected chi connectivity index (χ2v) is 4.89. The summed E-state index contributed by atoms with van der Waals surface area (Å²) in [5, 5.41) is 14.6. The molecule has 0 aliphatic carbocycles. The van der Waals surface area contributed by atoms with Gasteiger partial charge in [-0.15, -0.1) is 0 Å². The van der Waals surface area contributed by atoms with E-state index < -0.39 is 11.9 Å². The van der Waals surface area contributed by atoms with Crippen LogP contribution in [0.1, 0.15) is 5.56 Å². The smallest absolute Gasteiger partial charge is 0.326 e. The van der Waals surface area contributed by atoms with Gasteiger partial charge < -0.3 is 10.4 Å². The number of hydrogen-bond acceptors (Lipinski definition) is 3. The number of phenolic OH excluding ortho intramolecular Hbond substituents is 1. The summed E-state index contributed by atoms with van der Waals surface area (Å²) < 4.78 is 0.562. The minimum absolute atomic E-state index is 0.0106. The van der Waals surface area contributed by atoms with Gasteiger partial charge in [0.25, 0.3) is 5.91 Å². The number of benzene rings is 1. The molecule has 7 heteroatoms. The second kappa shape index (κ2) is 4.53. The van der Waals surface area contributed by atoms with E-state index in [1.807, 2.05) is 22.6 Å². The summed E-state index contributed by atoms with van der Waals surface area (Å²) in [6, 6.07) is 2.51.